The van der Waals surface area contributed by atoms with E-state index in [0.29, 0.717) is 43.8 Å². The minimum Gasteiger partial charge on any atom is -0.381 e. The fourth-order valence-corrected chi connectivity index (χ4v) is 5.49. The number of Topliss-reactive ketones (excluding diaryl/α,β-unsaturated/α-hetero) is 1. The summed E-state index contributed by atoms with van der Waals surface area (Å²) in [7, 11) is -0.180. The van der Waals surface area contributed by atoms with Crippen LogP contribution in [0.2, 0.25) is 19.6 Å². The van der Waals surface area contributed by atoms with Gasteiger partial charge in [0.1, 0.15) is 11.9 Å². The van der Waals surface area contributed by atoms with Crippen molar-refractivity contribution in [3.8, 4) is 0 Å². The predicted octanol–water partition coefficient (Wildman–Crippen LogP) is 3.91. The highest BCUT2D eigenvalue weighted by atomic mass is 28.3. The number of carbonyl (C=O) groups excluding carboxylic acids is 2. The molecule has 1 aliphatic rings. The maximum atomic E-state index is 14.7. The molecule has 1 heterocycles. The molecule has 0 radical (unpaired) electrons. The van der Waals surface area contributed by atoms with Crippen molar-refractivity contribution in [3.05, 3.63) is 65.0 Å². The van der Waals surface area contributed by atoms with Crippen LogP contribution in [0.25, 0.3) is 0 Å². The highest BCUT2D eigenvalue weighted by molar-refractivity contribution is 6.88. The largest absolute Gasteiger partial charge is 0.381 e. The number of benzene rings is 2. The van der Waals surface area contributed by atoms with E-state index in [1.165, 1.54) is 6.07 Å². The van der Waals surface area contributed by atoms with Crippen LogP contribution >= 0.6 is 0 Å². The average molecular weight is 472 g/mol. The van der Waals surface area contributed by atoms with E-state index in [9.17, 15) is 14.0 Å². The summed E-state index contributed by atoms with van der Waals surface area (Å²) in [6.45, 7) is 7.83. The molecule has 3 rings (SSSR count). The number of ether oxygens (including phenoxy) is 2. The van der Waals surface area contributed by atoms with E-state index in [1.807, 2.05) is 30.3 Å². The maximum Gasteiger partial charge on any atom is 0.224 e. The van der Waals surface area contributed by atoms with E-state index in [0.717, 1.165) is 10.8 Å². The highest BCUT2D eigenvalue weighted by Crippen LogP contribution is 2.22. The predicted molar refractivity (Wildman–Crippen MR) is 130 cm³/mol. The first-order valence-electron chi connectivity index (χ1n) is 11.5. The van der Waals surface area contributed by atoms with Crippen molar-refractivity contribution in [2.45, 2.75) is 51.6 Å². The second kappa shape index (κ2) is 11.2. The van der Waals surface area contributed by atoms with E-state index in [1.54, 1.807) is 13.2 Å². The summed E-state index contributed by atoms with van der Waals surface area (Å²) in [4.78, 5) is 26.3. The third-order valence-electron chi connectivity index (χ3n) is 6.04. The van der Waals surface area contributed by atoms with E-state index >= 15 is 0 Å². The molecule has 1 aliphatic heterocycles. The number of carbonyl (C=O) groups is 2. The summed E-state index contributed by atoms with van der Waals surface area (Å²) in [5.41, 5.74) is 2.30. The van der Waals surface area contributed by atoms with Gasteiger partial charge >= 0.3 is 0 Å². The Morgan fingerprint density at radius 1 is 1.09 bits per heavy atom. The second-order valence-electron chi connectivity index (χ2n) is 9.71. The molecular weight excluding hydrogens is 437 g/mol. The smallest absolute Gasteiger partial charge is 0.224 e. The van der Waals surface area contributed by atoms with Crippen LogP contribution < -0.4 is 10.5 Å². The van der Waals surface area contributed by atoms with E-state index in [4.69, 9.17) is 9.47 Å². The first-order chi connectivity index (χ1) is 15.7. The SMILES string of the molecule is COCc1ccc([C@@H](NC(=O)C2CCOCC2)C(=O)Cc2ccc([Si](C)(C)C)c(F)c2)cc1. The fraction of sp³-hybridized carbons (Fsp3) is 0.462. The quantitative estimate of drug-likeness (QED) is 0.563. The molecule has 0 unspecified atom stereocenters. The lowest BCUT2D eigenvalue weighted by atomic mass is 9.94. The summed E-state index contributed by atoms with van der Waals surface area (Å²) in [5, 5.41) is 3.71. The number of amides is 1. The number of rotatable bonds is 9. The zero-order valence-electron chi connectivity index (χ0n) is 19.9. The third kappa shape index (κ3) is 6.82. The van der Waals surface area contributed by atoms with Gasteiger partial charge in [0.25, 0.3) is 0 Å². The molecule has 1 amide bonds. The van der Waals surface area contributed by atoms with E-state index < -0.39 is 14.1 Å². The second-order valence-corrected chi connectivity index (χ2v) is 14.7. The maximum absolute atomic E-state index is 14.7. The number of nitrogens with one attached hydrogen (secondary N) is 1. The normalized spacial score (nSPS) is 15.8. The molecule has 0 spiro atoms. The van der Waals surface area contributed by atoms with Crippen LogP contribution in [0, 0.1) is 11.7 Å². The van der Waals surface area contributed by atoms with Gasteiger partial charge in [-0.05, 0) is 40.8 Å². The van der Waals surface area contributed by atoms with Crippen molar-refractivity contribution in [2.75, 3.05) is 20.3 Å². The minimum atomic E-state index is -1.81. The van der Waals surface area contributed by atoms with E-state index in [-0.39, 0.29) is 29.8 Å². The van der Waals surface area contributed by atoms with Gasteiger partial charge in [-0.3, -0.25) is 9.59 Å². The van der Waals surface area contributed by atoms with Gasteiger partial charge in [0, 0.05) is 32.7 Å². The lowest BCUT2D eigenvalue weighted by Gasteiger charge is -2.25. The number of methoxy groups -OCH3 is 1. The Balaban J connectivity index is 1.82. The van der Waals surface area contributed by atoms with Gasteiger partial charge in [-0.1, -0.05) is 56.0 Å². The number of hydrogen-bond donors (Lipinski definition) is 1. The molecule has 33 heavy (non-hydrogen) atoms. The van der Waals surface area contributed by atoms with Crippen LogP contribution in [0.5, 0.6) is 0 Å². The number of hydrogen-bond acceptors (Lipinski definition) is 4. The molecule has 0 aliphatic carbocycles. The summed E-state index contributed by atoms with van der Waals surface area (Å²) < 4.78 is 25.2. The van der Waals surface area contributed by atoms with Gasteiger partial charge in [0.2, 0.25) is 5.91 Å². The third-order valence-corrected chi connectivity index (χ3v) is 8.07. The summed E-state index contributed by atoms with van der Waals surface area (Å²) in [6, 6.07) is 11.8. The average Bonchev–Trinajstić information content (AvgIpc) is 2.78. The Kier molecular flexibility index (Phi) is 8.56. The number of halogens is 1. The lowest BCUT2D eigenvalue weighted by Crippen LogP contribution is -2.41. The van der Waals surface area contributed by atoms with Crippen LogP contribution in [0.15, 0.2) is 42.5 Å². The van der Waals surface area contributed by atoms with Gasteiger partial charge in [-0.15, -0.1) is 0 Å². The zero-order valence-corrected chi connectivity index (χ0v) is 20.9. The van der Waals surface area contributed by atoms with Gasteiger partial charge in [-0.2, -0.15) is 0 Å². The zero-order chi connectivity index (χ0) is 24.0. The van der Waals surface area contributed by atoms with Crippen molar-refractivity contribution in [2.24, 2.45) is 5.92 Å². The van der Waals surface area contributed by atoms with Gasteiger partial charge in [-0.25, -0.2) is 4.39 Å². The molecule has 0 bridgehead atoms. The molecule has 1 atom stereocenters. The van der Waals surface area contributed by atoms with Crippen molar-refractivity contribution in [1.29, 1.82) is 0 Å². The molecule has 0 aromatic heterocycles. The van der Waals surface area contributed by atoms with Crippen LogP contribution in [0.3, 0.4) is 0 Å². The summed E-state index contributed by atoms with van der Waals surface area (Å²) in [6.07, 6.45) is 1.33. The Bertz CT molecular complexity index is 965. The van der Waals surface area contributed by atoms with Crippen molar-refractivity contribution >= 4 is 25.0 Å². The molecule has 1 fully saturated rings. The topological polar surface area (TPSA) is 64.6 Å². The summed E-state index contributed by atoms with van der Waals surface area (Å²) >= 11 is 0. The lowest BCUT2D eigenvalue weighted by molar-refractivity contribution is -0.132. The number of ketones is 1. The molecule has 0 saturated carbocycles. The van der Waals surface area contributed by atoms with Crippen molar-refractivity contribution in [3.63, 3.8) is 0 Å². The molecule has 178 valence electrons. The Morgan fingerprint density at radius 3 is 2.30 bits per heavy atom. The molecule has 1 N–H and O–H groups in total. The van der Waals surface area contributed by atoms with Crippen LogP contribution in [0.4, 0.5) is 4.39 Å². The van der Waals surface area contributed by atoms with Crippen LogP contribution in [-0.2, 0) is 32.1 Å². The van der Waals surface area contributed by atoms with Gasteiger partial charge in [0.05, 0.1) is 14.7 Å². The minimum absolute atomic E-state index is 0.0431. The molecule has 2 aromatic rings. The Labute approximate surface area is 196 Å². The molecule has 2 aromatic carbocycles. The Hall–Kier alpha value is -2.35. The van der Waals surface area contributed by atoms with Crippen molar-refractivity contribution < 1.29 is 23.5 Å². The standard InChI is InChI=1S/C26H34FNO4Si/c1-31-17-18-5-8-20(9-6-18)25(28-26(30)21-11-13-32-14-12-21)23(29)16-19-7-10-24(22(27)15-19)33(2,3)4/h5-10,15,21,25H,11-14,16-17H2,1-4H3,(H,28,30)/t25-/m1/s1. The van der Waals surface area contributed by atoms with Crippen molar-refractivity contribution in [1.82, 2.24) is 5.32 Å². The van der Waals surface area contributed by atoms with Gasteiger partial charge < -0.3 is 14.8 Å². The van der Waals surface area contributed by atoms with Gasteiger partial charge in [0.15, 0.2) is 5.78 Å². The Morgan fingerprint density at radius 2 is 1.73 bits per heavy atom. The first-order valence-corrected chi connectivity index (χ1v) is 15.0. The first kappa shape index (κ1) is 25.3. The van der Waals surface area contributed by atoms with Crippen LogP contribution in [0.1, 0.15) is 35.6 Å². The molecule has 1 saturated heterocycles. The molecular formula is C26H34FNO4Si. The highest BCUT2D eigenvalue weighted by Gasteiger charge is 2.28. The molecule has 5 nitrogen and oxygen atoms in total. The molecule has 7 heteroatoms. The van der Waals surface area contributed by atoms with Crippen LogP contribution in [-0.4, -0.2) is 40.1 Å². The monoisotopic (exact) mass is 471 g/mol. The summed E-state index contributed by atoms with van der Waals surface area (Å²) in [5.74, 6) is -0.741. The fourth-order valence-electron chi connectivity index (χ4n) is 4.12. The van der Waals surface area contributed by atoms with E-state index in [2.05, 4.69) is 25.0 Å².